The second kappa shape index (κ2) is 4.57. The van der Waals surface area contributed by atoms with Gasteiger partial charge in [-0.15, -0.1) is 0 Å². The first-order valence-electron chi connectivity index (χ1n) is 5.46. The van der Waals surface area contributed by atoms with Gasteiger partial charge in [-0.3, -0.25) is 4.79 Å². The van der Waals surface area contributed by atoms with E-state index in [0.717, 1.165) is 44.7 Å². The van der Waals surface area contributed by atoms with E-state index in [1.807, 2.05) is 0 Å². The fourth-order valence-corrected chi connectivity index (χ4v) is 2.04. The second-order valence-corrected chi connectivity index (χ2v) is 3.94. The van der Waals surface area contributed by atoms with E-state index in [4.69, 9.17) is 4.42 Å². The first kappa shape index (κ1) is 10.4. The Bertz CT molecular complexity index is 327. The van der Waals surface area contributed by atoms with Crippen LogP contribution in [0.4, 0.5) is 0 Å². The first-order valence-corrected chi connectivity index (χ1v) is 5.46. The molecule has 0 radical (unpaired) electrons. The number of oxazole rings is 1. The molecule has 1 saturated heterocycles. The number of rotatable bonds is 3. The van der Waals surface area contributed by atoms with Crippen LogP contribution in [0.3, 0.4) is 0 Å². The van der Waals surface area contributed by atoms with E-state index in [-0.39, 0.29) is 0 Å². The van der Waals surface area contributed by atoms with E-state index < -0.39 is 0 Å². The maximum Gasteiger partial charge on any atom is 0.197 e. The predicted octanol–water partition coefficient (Wildman–Crippen LogP) is 1.69. The molecule has 0 aliphatic carbocycles. The highest BCUT2D eigenvalue weighted by atomic mass is 16.3. The van der Waals surface area contributed by atoms with E-state index in [2.05, 4.69) is 16.8 Å². The molecule has 4 heteroatoms. The van der Waals surface area contributed by atoms with Crippen LogP contribution in [0.25, 0.3) is 0 Å². The van der Waals surface area contributed by atoms with Crippen molar-refractivity contribution in [1.82, 2.24) is 9.88 Å². The fourth-order valence-electron chi connectivity index (χ4n) is 2.04. The van der Waals surface area contributed by atoms with Crippen LogP contribution in [0.5, 0.6) is 0 Å². The van der Waals surface area contributed by atoms with E-state index in [1.54, 1.807) is 0 Å². The van der Waals surface area contributed by atoms with E-state index >= 15 is 0 Å². The number of likely N-dealkylation sites (tertiary alicyclic amines) is 1. The van der Waals surface area contributed by atoms with Crippen LogP contribution in [0.2, 0.25) is 0 Å². The van der Waals surface area contributed by atoms with Gasteiger partial charge < -0.3 is 9.32 Å². The molecule has 0 spiro atoms. The molecule has 2 rings (SSSR count). The lowest BCUT2D eigenvalue weighted by atomic mass is 9.97. The van der Waals surface area contributed by atoms with Crippen LogP contribution in [-0.2, 0) is 0 Å². The number of nitrogens with zero attached hydrogens (tertiary/aromatic N) is 2. The van der Waals surface area contributed by atoms with Gasteiger partial charge in [0.25, 0.3) is 0 Å². The van der Waals surface area contributed by atoms with Crippen molar-refractivity contribution in [3.8, 4) is 0 Å². The standard InChI is InChI=1S/C11H16N2O2/c1-2-13-5-3-9(4-6-13)11-12-10(7-14)8-15-11/h7-9H,2-6H2,1H3. The molecule has 1 fully saturated rings. The van der Waals surface area contributed by atoms with Crippen molar-refractivity contribution in [2.24, 2.45) is 0 Å². The quantitative estimate of drug-likeness (QED) is 0.709. The number of hydrogen-bond acceptors (Lipinski definition) is 4. The summed E-state index contributed by atoms with van der Waals surface area (Å²) in [5.41, 5.74) is 0.405. The van der Waals surface area contributed by atoms with Crippen LogP contribution < -0.4 is 0 Å². The molecule has 2 heterocycles. The molecular formula is C11H16N2O2. The van der Waals surface area contributed by atoms with Gasteiger partial charge in [0.1, 0.15) is 12.0 Å². The van der Waals surface area contributed by atoms with Crippen LogP contribution >= 0.6 is 0 Å². The monoisotopic (exact) mass is 208 g/mol. The summed E-state index contributed by atoms with van der Waals surface area (Å²) in [6.45, 7) is 5.48. The van der Waals surface area contributed by atoms with Crippen molar-refractivity contribution in [3.63, 3.8) is 0 Å². The molecule has 0 bridgehead atoms. The normalized spacial score (nSPS) is 19.3. The van der Waals surface area contributed by atoms with Gasteiger partial charge in [-0.2, -0.15) is 0 Å². The number of carbonyl (C=O) groups is 1. The molecule has 0 aromatic carbocycles. The topological polar surface area (TPSA) is 46.3 Å². The van der Waals surface area contributed by atoms with Gasteiger partial charge in [-0.05, 0) is 32.5 Å². The minimum atomic E-state index is 0.390. The lowest BCUT2D eigenvalue weighted by Gasteiger charge is -2.29. The van der Waals surface area contributed by atoms with Gasteiger partial charge in [0.2, 0.25) is 0 Å². The van der Waals surface area contributed by atoms with E-state index in [9.17, 15) is 4.79 Å². The van der Waals surface area contributed by atoms with Gasteiger partial charge in [-0.1, -0.05) is 6.92 Å². The maximum absolute atomic E-state index is 10.5. The van der Waals surface area contributed by atoms with Crippen molar-refractivity contribution >= 4 is 6.29 Å². The Morgan fingerprint density at radius 3 is 2.87 bits per heavy atom. The minimum absolute atomic E-state index is 0.390. The Labute approximate surface area is 89.3 Å². The van der Waals surface area contributed by atoms with Crippen LogP contribution in [0, 0.1) is 0 Å². The smallest absolute Gasteiger partial charge is 0.197 e. The van der Waals surface area contributed by atoms with Crippen LogP contribution in [0.1, 0.15) is 42.1 Å². The summed E-state index contributed by atoms with van der Waals surface area (Å²) in [6, 6.07) is 0. The molecule has 1 aromatic rings. The molecule has 1 aliphatic heterocycles. The zero-order chi connectivity index (χ0) is 10.7. The lowest BCUT2D eigenvalue weighted by Crippen LogP contribution is -2.32. The summed E-state index contributed by atoms with van der Waals surface area (Å²) >= 11 is 0. The van der Waals surface area contributed by atoms with Gasteiger partial charge in [-0.25, -0.2) is 4.98 Å². The largest absolute Gasteiger partial charge is 0.448 e. The highest BCUT2D eigenvalue weighted by molar-refractivity contribution is 5.70. The molecule has 1 aromatic heterocycles. The highest BCUT2D eigenvalue weighted by Crippen LogP contribution is 2.26. The Balaban J connectivity index is 1.97. The molecule has 0 N–H and O–H groups in total. The van der Waals surface area contributed by atoms with Crippen molar-refractivity contribution in [2.75, 3.05) is 19.6 Å². The summed E-state index contributed by atoms with van der Waals surface area (Å²) in [6.07, 6.45) is 4.32. The molecular weight excluding hydrogens is 192 g/mol. The molecule has 0 saturated carbocycles. The third-order valence-corrected chi connectivity index (χ3v) is 3.04. The SMILES string of the molecule is CCN1CCC(c2nc(C=O)co2)CC1. The number of carbonyl (C=O) groups excluding carboxylic acids is 1. The summed E-state index contributed by atoms with van der Waals surface area (Å²) in [4.78, 5) is 17.0. The number of hydrogen-bond donors (Lipinski definition) is 0. The van der Waals surface area contributed by atoms with Gasteiger partial charge in [0.05, 0.1) is 0 Å². The van der Waals surface area contributed by atoms with E-state index in [1.165, 1.54) is 6.26 Å². The summed E-state index contributed by atoms with van der Waals surface area (Å²) in [5.74, 6) is 1.12. The van der Waals surface area contributed by atoms with Crippen molar-refractivity contribution in [1.29, 1.82) is 0 Å². The molecule has 1 aliphatic rings. The highest BCUT2D eigenvalue weighted by Gasteiger charge is 2.23. The average molecular weight is 208 g/mol. The first-order chi connectivity index (χ1) is 7.33. The van der Waals surface area contributed by atoms with Gasteiger partial charge >= 0.3 is 0 Å². The van der Waals surface area contributed by atoms with Crippen LogP contribution in [-0.4, -0.2) is 35.8 Å². The number of aromatic nitrogens is 1. The lowest BCUT2D eigenvalue weighted by molar-refractivity contribution is 0.111. The third kappa shape index (κ3) is 2.26. The molecule has 15 heavy (non-hydrogen) atoms. The van der Waals surface area contributed by atoms with Crippen molar-refractivity contribution in [3.05, 3.63) is 17.8 Å². The number of aldehydes is 1. The molecule has 0 unspecified atom stereocenters. The summed E-state index contributed by atoms with van der Waals surface area (Å²) < 4.78 is 5.30. The zero-order valence-electron chi connectivity index (χ0n) is 8.98. The summed E-state index contributed by atoms with van der Waals surface area (Å²) in [5, 5.41) is 0. The predicted molar refractivity (Wildman–Crippen MR) is 56.0 cm³/mol. The Hall–Kier alpha value is -1.16. The van der Waals surface area contributed by atoms with Crippen molar-refractivity contribution < 1.29 is 9.21 Å². The summed E-state index contributed by atoms with van der Waals surface area (Å²) in [7, 11) is 0. The van der Waals surface area contributed by atoms with Gasteiger partial charge in [0, 0.05) is 5.92 Å². The maximum atomic E-state index is 10.5. The number of piperidine rings is 1. The Kier molecular flexibility index (Phi) is 3.16. The molecule has 4 nitrogen and oxygen atoms in total. The fraction of sp³-hybridized carbons (Fsp3) is 0.636. The van der Waals surface area contributed by atoms with Gasteiger partial charge in [0.15, 0.2) is 12.2 Å². The van der Waals surface area contributed by atoms with Crippen molar-refractivity contribution in [2.45, 2.75) is 25.7 Å². The second-order valence-electron chi connectivity index (χ2n) is 3.94. The molecule has 0 amide bonds. The molecule has 82 valence electrons. The third-order valence-electron chi connectivity index (χ3n) is 3.04. The average Bonchev–Trinajstić information content (AvgIpc) is 2.78. The molecule has 0 atom stereocenters. The van der Waals surface area contributed by atoms with Crippen LogP contribution in [0.15, 0.2) is 10.7 Å². The zero-order valence-corrected chi connectivity index (χ0v) is 8.98. The Morgan fingerprint density at radius 2 is 2.33 bits per heavy atom. The minimum Gasteiger partial charge on any atom is -0.448 e. The van der Waals surface area contributed by atoms with E-state index in [0.29, 0.717) is 11.6 Å². The Morgan fingerprint density at radius 1 is 1.60 bits per heavy atom.